The molecule has 0 saturated carbocycles. The van der Waals surface area contributed by atoms with Crippen LogP contribution in [0.4, 0.5) is 16.2 Å². The van der Waals surface area contributed by atoms with Crippen LogP contribution in [0.1, 0.15) is 20.8 Å². The number of nitrogens with one attached hydrogen (secondary N) is 2. The molecule has 0 heterocycles. The number of hydrogen-bond acceptors (Lipinski definition) is 4. The van der Waals surface area contributed by atoms with E-state index in [1.807, 2.05) is 26.8 Å². The van der Waals surface area contributed by atoms with Crippen LogP contribution in [0.3, 0.4) is 0 Å². The first kappa shape index (κ1) is 16.5. The van der Waals surface area contributed by atoms with Gasteiger partial charge < -0.3 is 15.4 Å². The maximum Gasteiger partial charge on any atom is 0.323 e. The van der Waals surface area contributed by atoms with Crippen LogP contribution in [0.15, 0.2) is 30.5 Å². The number of benzene rings is 1. The molecule has 7 heteroatoms. The minimum Gasteiger partial charge on any atom is -0.494 e. The van der Waals surface area contributed by atoms with Gasteiger partial charge in [0.25, 0.3) is 5.69 Å². The van der Waals surface area contributed by atoms with Crippen LogP contribution in [0.25, 0.3) is 0 Å². The van der Waals surface area contributed by atoms with Crippen molar-refractivity contribution in [3.8, 4) is 5.75 Å². The standard InChI is InChI=1S/C14H19N3O4/c1-14(2,3)7-8-15-13(18)16-11-6-5-10(17(19)20)9-12(11)21-4/h5-9H,1-4H3,(H2,15,16,18)/b8-7+. The zero-order chi connectivity index (χ0) is 16.0. The summed E-state index contributed by atoms with van der Waals surface area (Å²) in [5, 5.41) is 15.8. The highest BCUT2D eigenvalue weighted by atomic mass is 16.6. The van der Waals surface area contributed by atoms with E-state index >= 15 is 0 Å². The quantitative estimate of drug-likeness (QED) is 0.658. The summed E-state index contributed by atoms with van der Waals surface area (Å²) in [6, 6.07) is 3.51. The van der Waals surface area contributed by atoms with Crippen LogP contribution >= 0.6 is 0 Å². The van der Waals surface area contributed by atoms with Gasteiger partial charge in [0, 0.05) is 12.3 Å². The van der Waals surface area contributed by atoms with E-state index in [0.29, 0.717) is 5.69 Å². The summed E-state index contributed by atoms with van der Waals surface area (Å²) >= 11 is 0. The summed E-state index contributed by atoms with van der Waals surface area (Å²) < 4.78 is 5.03. The zero-order valence-corrected chi connectivity index (χ0v) is 12.5. The lowest BCUT2D eigenvalue weighted by molar-refractivity contribution is -0.384. The zero-order valence-electron chi connectivity index (χ0n) is 12.5. The lowest BCUT2D eigenvalue weighted by Gasteiger charge is -2.12. The third-order valence-electron chi connectivity index (χ3n) is 2.44. The van der Waals surface area contributed by atoms with Gasteiger partial charge in [-0.3, -0.25) is 10.1 Å². The third kappa shape index (κ3) is 5.52. The molecule has 0 saturated heterocycles. The van der Waals surface area contributed by atoms with E-state index in [1.54, 1.807) is 6.20 Å². The Bertz CT molecular complexity index is 562. The number of methoxy groups -OCH3 is 1. The highest BCUT2D eigenvalue weighted by Gasteiger charge is 2.13. The van der Waals surface area contributed by atoms with Crippen molar-refractivity contribution >= 4 is 17.4 Å². The maximum atomic E-state index is 11.7. The lowest BCUT2D eigenvalue weighted by Crippen LogP contribution is -2.24. The number of nitro groups is 1. The monoisotopic (exact) mass is 293 g/mol. The second-order valence-electron chi connectivity index (χ2n) is 5.44. The van der Waals surface area contributed by atoms with E-state index < -0.39 is 11.0 Å². The molecule has 2 N–H and O–H groups in total. The van der Waals surface area contributed by atoms with Gasteiger partial charge in [-0.1, -0.05) is 26.8 Å². The smallest absolute Gasteiger partial charge is 0.323 e. The van der Waals surface area contributed by atoms with Gasteiger partial charge >= 0.3 is 6.03 Å². The minimum atomic E-state index is -0.529. The van der Waals surface area contributed by atoms with Crippen LogP contribution in [0.5, 0.6) is 5.75 Å². The van der Waals surface area contributed by atoms with Gasteiger partial charge in [0.1, 0.15) is 5.75 Å². The van der Waals surface area contributed by atoms with Crippen molar-refractivity contribution in [3.05, 3.63) is 40.6 Å². The molecule has 0 spiro atoms. The molecular formula is C14H19N3O4. The number of rotatable bonds is 4. The SMILES string of the molecule is COc1cc([N+](=O)[O-])ccc1NC(=O)N/C=C/C(C)(C)C. The Morgan fingerprint density at radius 3 is 2.57 bits per heavy atom. The Kier molecular flexibility index (Phi) is 5.29. The van der Waals surface area contributed by atoms with Crippen molar-refractivity contribution in [2.45, 2.75) is 20.8 Å². The van der Waals surface area contributed by atoms with Crippen molar-refractivity contribution in [2.24, 2.45) is 5.41 Å². The molecule has 114 valence electrons. The number of carbonyl (C=O) groups is 1. The fourth-order valence-corrected chi connectivity index (χ4v) is 1.42. The molecule has 0 unspecified atom stereocenters. The molecule has 0 bridgehead atoms. The van der Waals surface area contributed by atoms with Crippen molar-refractivity contribution in [1.29, 1.82) is 0 Å². The molecule has 1 rings (SSSR count). The van der Waals surface area contributed by atoms with E-state index in [4.69, 9.17) is 4.74 Å². The summed E-state index contributed by atoms with van der Waals surface area (Å²) in [5.74, 6) is 0.221. The summed E-state index contributed by atoms with van der Waals surface area (Å²) in [5.41, 5.74) is 0.202. The summed E-state index contributed by atoms with van der Waals surface area (Å²) in [4.78, 5) is 21.9. The molecule has 0 aliphatic heterocycles. The predicted molar refractivity (Wildman–Crippen MR) is 80.4 cm³/mol. The lowest BCUT2D eigenvalue weighted by atomic mass is 9.97. The van der Waals surface area contributed by atoms with Crippen LogP contribution in [0, 0.1) is 15.5 Å². The molecule has 7 nitrogen and oxygen atoms in total. The fraction of sp³-hybridized carbons (Fsp3) is 0.357. The predicted octanol–water partition coefficient (Wildman–Crippen LogP) is 3.28. The van der Waals surface area contributed by atoms with Gasteiger partial charge in [-0.05, 0) is 11.5 Å². The third-order valence-corrected chi connectivity index (χ3v) is 2.44. The van der Waals surface area contributed by atoms with Gasteiger partial charge in [-0.2, -0.15) is 0 Å². The first-order valence-electron chi connectivity index (χ1n) is 6.30. The maximum absolute atomic E-state index is 11.7. The molecule has 2 amide bonds. The van der Waals surface area contributed by atoms with E-state index in [0.717, 1.165) is 0 Å². The molecule has 1 aromatic carbocycles. The van der Waals surface area contributed by atoms with Crippen LogP contribution in [-0.2, 0) is 0 Å². The number of allylic oxidation sites excluding steroid dienone is 1. The number of anilines is 1. The van der Waals surface area contributed by atoms with Gasteiger partial charge in [0.2, 0.25) is 0 Å². The molecule has 0 aliphatic carbocycles. The second kappa shape index (κ2) is 6.74. The van der Waals surface area contributed by atoms with E-state index in [-0.39, 0.29) is 16.9 Å². The van der Waals surface area contributed by atoms with E-state index in [2.05, 4.69) is 10.6 Å². The van der Waals surface area contributed by atoms with Crippen LogP contribution in [-0.4, -0.2) is 18.1 Å². The Morgan fingerprint density at radius 1 is 1.38 bits per heavy atom. The molecule has 0 fully saturated rings. The topological polar surface area (TPSA) is 93.5 Å². The number of amides is 2. The first-order chi connectivity index (χ1) is 9.73. The first-order valence-corrected chi connectivity index (χ1v) is 6.30. The Labute approximate surface area is 123 Å². The van der Waals surface area contributed by atoms with Crippen molar-refractivity contribution in [1.82, 2.24) is 5.32 Å². The molecule has 0 aliphatic rings. The van der Waals surface area contributed by atoms with Crippen LogP contribution in [0.2, 0.25) is 0 Å². The Morgan fingerprint density at radius 2 is 2.05 bits per heavy atom. The summed E-state index contributed by atoms with van der Waals surface area (Å²) in [6.07, 6.45) is 3.40. The van der Waals surface area contributed by atoms with E-state index in [1.165, 1.54) is 25.3 Å². The largest absolute Gasteiger partial charge is 0.494 e. The van der Waals surface area contributed by atoms with Gasteiger partial charge in [0.15, 0.2) is 0 Å². The van der Waals surface area contributed by atoms with Crippen molar-refractivity contribution in [2.75, 3.05) is 12.4 Å². The Hall–Kier alpha value is -2.57. The average Bonchev–Trinajstić information content (AvgIpc) is 2.37. The van der Waals surface area contributed by atoms with Gasteiger partial charge in [0.05, 0.1) is 23.8 Å². The molecule has 1 aromatic rings. The fourth-order valence-electron chi connectivity index (χ4n) is 1.42. The highest BCUT2D eigenvalue weighted by molar-refractivity contribution is 5.91. The molecule has 21 heavy (non-hydrogen) atoms. The molecular weight excluding hydrogens is 274 g/mol. The number of urea groups is 1. The molecule has 0 aromatic heterocycles. The highest BCUT2D eigenvalue weighted by Crippen LogP contribution is 2.28. The van der Waals surface area contributed by atoms with Gasteiger partial charge in [-0.15, -0.1) is 0 Å². The normalized spacial score (nSPS) is 11.2. The van der Waals surface area contributed by atoms with Crippen LogP contribution < -0.4 is 15.4 Å². The number of carbonyl (C=O) groups excluding carboxylic acids is 1. The summed E-state index contributed by atoms with van der Waals surface area (Å²) in [6.45, 7) is 6.01. The van der Waals surface area contributed by atoms with E-state index in [9.17, 15) is 14.9 Å². The van der Waals surface area contributed by atoms with Gasteiger partial charge in [-0.25, -0.2) is 4.79 Å². The molecule has 0 radical (unpaired) electrons. The average molecular weight is 293 g/mol. The number of non-ortho nitro benzene ring substituents is 1. The molecule has 0 atom stereocenters. The van der Waals surface area contributed by atoms with Crippen molar-refractivity contribution in [3.63, 3.8) is 0 Å². The van der Waals surface area contributed by atoms with Crippen molar-refractivity contribution < 1.29 is 14.5 Å². The summed E-state index contributed by atoms with van der Waals surface area (Å²) in [7, 11) is 1.38. The Balaban J connectivity index is 2.76. The number of ether oxygens (including phenoxy) is 1. The second-order valence-corrected chi connectivity index (χ2v) is 5.44. The number of nitrogens with zero attached hydrogens (tertiary/aromatic N) is 1. The minimum absolute atomic E-state index is 0.0433. The number of nitro benzene ring substituents is 1. The number of hydrogen-bond donors (Lipinski definition) is 2.